The summed E-state index contributed by atoms with van der Waals surface area (Å²) in [6, 6.07) is 6.22. The third kappa shape index (κ3) is 3.28. The van der Waals surface area contributed by atoms with E-state index in [1.165, 1.54) is 23.5 Å². The lowest BCUT2D eigenvalue weighted by atomic mass is 10.3. The van der Waals surface area contributed by atoms with Gasteiger partial charge in [0.2, 0.25) is 10.0 Å². The summed E-state index contributed by atoms with van der Waals surface area (Å²) in [4.78, 5) is 4.27. The van der Waals surface area contributed by atoms with Crippen molar-refractivity contribution in [2.75, 3.05) is 12.3 Å². The molecule has 1 aromatic carbocycles. The molecule has 0 spiro atoms. The maximum Gasteiger partial charge on any atom is 0.240 e. The number of hydrogen-bond donors (Lipinski definition) is 2. The molecule has 3 N–H and O–H groups in total. The first-order valence-electron chi connectivity index (χ1n) is 5.31. The van der Waals surface area contributed by atoms with Crippen molar-refractivity contribution in [2.24, 2.45) is 0 Å². The third-order valence-corrected chi connectivity index (χ3v) is 4.58. The fraction of sp³-hybridized carbons (Fsp3) is 0.182. The van der Waals surface area contributed by atoms with E-state index in [1.807, 2.05) is 5.38 Å². The molecule has 0 saturated heterocycles. The zero-order chi connectivity index (χ0) is 13.0. The van der Waals surface area contributed by atoms with Gasteiger partial charge in [-0.1, -0.05) is 6.07 Å². The molecule has 18 heavy (non-hydrogen) atoms. The number of nitrogens with one attached hydrogen (secondary N) is 1. The van der Waals surface area contributed by atoms with Crippen LogP contribution in [0.1, 0.15) is 5.01 Å². The molecule has 1 heterocycles. The fourth-order valence-corrected chi connectivity index (χ4v) is 3.14. The lowest BCUT2D eigenvalue weighted by Gasteiger charge is -2.06. The van der Waals surface area contributed by atoms with Crippen LogP contribution >= 0.6 is 11.3 Å². The predicted molar refractivity (Wildman–Crippen MR) is 71.9 cm³/mol. The van der Waals surface area contributed by atoms with E-state index < -0.39 is 10.0 Å². The molecule has 0 bridgehead atoms. The number of benzene rings is 1. The monoisotopic (exact) mass is 283 g/mol. The minimum absolute atomic E-state index is 0.182. The van der Waals surface area contributed by atoms with Crippen LogP contribution in [0.15, 0.2) is 40.7 Å². The Kier molecular flexibility index (Phi) is 3.95. The summed E-state index contributed by atoms with van der Waals surface area (Å²) >= 11 is 1.51. The van der Waals surface area contributed by atoms with Crippen molar-refractivity contribution in [3.63, 3.8) is 0 Å². The van der Waals surface area contributed by atoms with Crippen molar-refractivity contribution >= 4 is 27.0 Å². The number of nitrogens with two attached hydrogens (primary N) is 1. The summed E-state index contributed by atoms with van der Waals surface area (Å²) < 4.78 is 26.4. The number of sulfonamides is 1. The molecule has 7 heteroatoms. The van der Waals surface area contributed by atoms with Crippen molar-refractivity contribution in [1.82, 2.24) is 9.71 Å². The molecule has 0 unspecified atom stereocenters. The van der Waals surface area contributed by atoms with Crippen molar-refractivity contribution in [3.05, 3.63) is 40.8 Å². The Labute approximate surface area is 110 Å². The lowest BCUT2D eigenvalue weighted by Crippen LogP contribution is -2.26. The number of hydrogen-bond acceptors (Lipinski definition) is 5. The van der Waals surface area contributed by atoms with Gasteiger partial charge in [-0.2, -0.15) is 0 Å². The third-order valence-electron chi connectivity index (χ3n) is 2.28. The first kappa shape index (κ1) is 13.0. The highest BCUT2D eigenvalue weighted by Gasteiger charge is 2.13. The van der Waals surface area contributed by atoms with Gasteiger partial charge in [-0.3, -0.25) is 0 Å². The Bertz CT molecular complexity index is 609. The molecule has 0 amide bonds. The lowest BCUT2D eigenvalue weighted by molar-refractivity contribution is 0.581. The molecule has 96 valence electrons. The number of thiazole rings is 1. The van der Waals surface area contributed by atoms with Gasteiger partial charge in [0.1, 0.15) is 0 Å². The zero-order valence-corrected chi connectivity index (χ0v) is 11.2. The Morgan fingerprint density at radius 2 is 2.22 bits per heavy atom. The predicted octanol–water partition coefficient (Wildman–Crippen LogP) is 1.25. The van der Waals surface area contributed by atoms with Crippen LogP contribution in [0.3, 0.4) is 0 Å². The van der Waals surface area contributed by atoms with Gasteiger partial charge >= 0.3 is 0 Å². The Balaban J connectivity index is 1.99. The molecule has 0 aliphatic carbocycles. The van der Waals surface area contributed by atoms with Gasteiger partial charge < -0.3 is 5.73 Å². The van der Waals surface area contributed by atoms with Gasteiger partial charge in [0.25, 0.3) is 0 Å². The second kappa shape index (κ2) is 5.47. The van der Waals surface area contributed by atoms with E-state index in [1.54, 1.807) is 18.3 Å². The van der Waals surface area contributed by atoms with Crippen LogP contribution in [0, 0.1) is 0 Å². The molecule has 2 rings (SSSR count). The van der Waals surface area contributed by atoms with Crippen molar-refractivity contribution in [2.45, 2.75) is 11.3 Å². The molecule has 5 nitrogen and oxygen atoms in total. The standard InChI is InChI=1S/C11H13N3O2S2/c12-9-2-1-3-10(8-9)18(15,16)14-5-4-11-13-6-7-17-11/h1-3,6-8,14H,4-5,12H2. The second-order valence-corrected chi connectivity index (χ2v) is 6.39. The van der Waals surface area contributed by atoms with Crippen LogP contribution in [0.2, 0.25) is 0 Å². The van der Waals surface area contributed by atoms with Crippen molar-refractivity contribution in [1.29, 1.82) is 0 Å². The average molecular weight is 283 g/mol. The Morgan fingerprint density at radius 3 is 2.89 bits per heavy atom. The van der Waals surface area contributed by atoms with Gasteiger partial charge in [-0.25, -0.2) is 18.1 Å². The van der Waals surface area contributed by atoms with E-state index in [-0.39, 0.29) is 4.90 Å². The SMILES string of the molecule is Nc1cccc(S(=O)(=O)NCCc2nccs2)c1. The highest BCUT2D eigenvalue weighted by atomic mass is 32.2. The number of anilines is 1. The smallest absolute Gasteiger partial charge is 0.240 e. The zero-order valence-electron chi connectivity index (χ0n) is 9.54. The van der Waals surface area contributed by atoms with E-state index in [2.05, 4.69) is 9.71 Å². The summed E-state index contributed by atoms with van der Waals surface area (Å²) in [6.07, 6.45) is 2.28. The number of aromatic nitrogens is 1. The molecule has 0 aliphatic heterocycles. The quantitative estimate of drug-likeness (QED) is 0.809. The molecule has 0 atom stereocenters. The summed E-state index contributed by atoms with van der Waals surface area (Å²) in [6.45, 7) is 0.324. The summed E-state index contributed by atoms with van der Waals surface area (Å²) in [5.74, 6) is 0. The minimum Gasteiger partial charge on any atom is -0.399 e. The maximum absolute atomic E-state index is 11.9. The largest absolute Gasteiger partial charge is 0.399 e. The minimum atomic E-state index is -3.49. The summed E-state index contributed by atoms with van der Waals surface area (Å²) in [5.41, 5.74) is 5.99. The van der Waals surface area contributed by atoms with E-state index in [0.29, 0.717) is 18.7 Å². The topological polar surface area (TPSA) is 85.1 Å². The van der Waals surface area contributed by atoms with E-state index >= 15 is 0 Å². The van der Waals surface area contributed by atoms with Crippen LogP contribution in [0.25, 0.3) is 0 Å². The molecule has 2 aromatic rings. The van der Waals surface area contributed by atoms with Gasteiger partial charge in [0.05, 0.1) is 9.90 Å². The van der Waals surface area contributed by atoms with Gasteiger partial charge in [0, 0.05) is 30.2 Å². The molecule has 0 saturated carbocycles. The second-order valence-electron chi connectivity index (χ2n) is 3.65. The average Bonchev–Trinajstić information content (AvgIpc) is 2.82. The molecule has 0 fully saturated rings. The highest BCUT2D eigenvalue weighted by Crippen LogP contribution is 2.12. The first-order valence-corrected chi connectivity index (χ1v) is 7.68. The first-order chi connectivity index (χ1) is 8.58. The van der Waals surface area contributed by atoms with Crippen molar-refractivity contribution < 1.29 is 8.42 Å². The molecular weight excluding hydrogens is 270 g/mol. The molecule has 1 aromatic heterocycles. The Hall–Kier alpha value is -1.44. The van der Waals surface area contributed by atoms with Gasteiger partial charge in [-0.15, -0.1) is 11.3 Å². The van der Waals surface area contributed by atoms with Crippen LogP contribution in [0.4, 0.5) is 5.69 Å². The summed E-state index contributed by atoms with van der Waals surface area (Å²) in [7, 11) is -3.49. The van der Waals surface area contributed by atoms with Gasteiger partial charge in [0.15, 0.2) is 0 Å². The van der Waals surface area contributed by atoms with Crippen LogP contribution < -0.4 is 10.5 Å². The van der Waals surface area contributed by atoms with Gasteiger partial charge in [-0.05, 0) is 18.2 Å². The number of nitrogen functional groups attached to an aromatic ring is 1. The Morgan fingerprint density at radius 1 is 1.39 bits per heavy atom. The highest BCUT2D eigenvalue weighted by molar-refractivity contribution is 7.89. The van der Waals surface area contributed by atoms with Crippen LogP contribution in [0.5, 0.6) is 0 Å². The van der Waals surface area contributed by atoms with Crippen LogP contribution in [-0.2, 0) is 16.4 Å². The van der Waals surface area contributed by atoms with E-state index in [9.17, 15) is 8.42 Å². The number of rotatable bonds is 5. The normalized spacial score (nSPS) is 11.6. The van der Waals surface area contributed by atoms with E-state index in [0.717, 1.165) is 5.01 Å². The molecular formula is C11H13N3O2S2. The number of nitrogens with zero attached hydrogens (tertiary/aromatic N) is 1. The fourth-order valence-electron chi connectivity index (χ4n) is 1.43. The van der Waals surface area contributed by atoms with Crippen molar-refractivity contribution in [3.8, 4) is 0 Å². The van der Waals surface area contributed by atoms with E-state index in [4.69, 9.17) is 5.73 Å². The van der Waals surface area contributed by atoms with Crippen LogP contribution in [-0.4, -0.2) is 19.9 Å². The molecule has 0 radical (unpaired) electrons. The summed E-state index contributed by atoms with van der Waals surface area (Å²) in [5, 5.41) is 2.77. The molecule has 0 aliphatic rings. The maximum atomic E-state index is 11.9.